The van der Waals surface area contributed by atoms with Gasteiger partial charge in [0.2, 0.25) is 26.0 Å². The van der Waals surface area contributed by atoms with Crippen molar-refractivity contribution in [3.05, 3.63) is 23.5 Å². The molecule has 0 saturated carbocycles. The summed E-state index contributed by atoms with van der Waals surface area (Å²) >= 11 is 1.28. The average molecular weight is 488 g/mol. The third-order valence-corrected chi connectivity index (χ3v) is 10.2. The molecule has 0 aromatic carbocycles. The van der Waals surface area contributed by atoms with Crippen LogP contribution in [0.5, 0.6) is 0 Å². The molecule has 2 aliphatic rings. The summed E-state index contributed by atoms with van der Waals surface area (Å²) in [5.41, 5.74) is 0.777. The zero-order valence-corrected chi connectivity index (χ0v) is 19.6. The molecule has 0 atom stereocenters. The lowest BCUT2D eigenvalue weighted by molar-refractivity contribution is -0.116. The maximum Gasteiger partial charge on any atom is 0.246 e. The minimum absolute atomic E-state index is 0.226. The van der Waals surface area contributed by atoms with Crippen molar-refractivity contribution in [2.24, 2.45) is 0 Å². The van der Waals surface area contributed by atoms with Crippen LogP contribution in [0.3, 0.4) is 0 Å². The van der Waals surface area contributed by atoms with E-state index in [1.54, 1.807) is 5.38 Å². The molecule has 2 aromatic heterocycles. The zero-order valence-electron chi connectivity index (χ0n) is 17.2. The largest absolute Gasteiger partial charge is 0.342 e. The Morgan fingerprint density at radius 1 is 0.968 bits per heavy atom. The first-order valence-electron chi connectivity index (χ1n) is 10.1. The molecule has 0 radical (unpaired) electrons. The molecule has 0 unspecified atom stereocenters. The topological polar surface area (TPSA) is 122 Å². The highest BCUT2D eigenvalue weighted by atomic mass is 32.2. The summed E-state index contributed by atoms with van der Waals surface area (Å²) in [6.45, 7) is 3.03. The molecule has 4 heterocycles. The van der Waals surface area contributed by atoms with Gasteiger partial charge in [0.15, 0.2) is 5.13 Å². The Morgan fingerprint density at radius 2 is 1.45 bits per heavy atom. The highest BCUT2D eigenvalue weighted by Gasteiger charge is 2.38. The Morgan fingerprint density at radius 3 is 1.87 bits per heavy atom. The maximum absolute atomic E-state index is 13.2. The molecule has 2 saturated heterocycles. The van der Waals surface area contributed by atoms with Crippen LogP contribution < -0.4 is 5.32 Å². The van der Waals surface area contributed by atoms with Gasteiger partial charge in [0.25, 0.3) is 0 Å². The van der Waals surface area contributed by atoms with E-state index >= 15 is 0 Å². The minimum atomic E-state index is -3.99. The summed E-state index contributed by atoms with van der Waals surface area (Å²) < 4.78 is 56.9. The highest BCUT2D eigenvalue weighted by molar-refractivity contribution is 7.92. The summed E-state index contributed by atoms with van der Waals surface area (Å²) in [5.74, 6) is -0.417. The molecule has 1 N–H and O–H groups in total. The van der Waals surface area contributed by atoms with Gasteiger partial charge < -0.3 is 9.88 Å². The number of hydrogen-bond donors (Lipinski definition) is 1. The lowest BCUT2D eigenvalue weighted by Gasteiger charge is -2.18. The Bertz CT molecular complexity index is 1110. The Balaban J connectivity index is 1.67. The molecular formula is C18H25N5O5S3. The Hall–Kier alpha value is -1.80. The number of nitrogens with one attached hydrogen (secondary N) is 1. The highest BCUT2D eigenvalue weighted by Crippen LogP contribution is 2.31. The fraction of sp³-hybridized carbons (Fsp3) is 0.556. The first-order chi connectivity index (χ1) is 14.7. The van der Waals surface area contributed by atoms with Crippen molar-refractivity contribution in [1.29, 1.82) is 0 Å². The molecule has 0 aliphatic carbocycles. The van der Waals surface area contributed by atoms with E-state index in [1.807, 2.05) is 6.92 Å². The SMILES string of the molecule is Cc1csc(NC(=O)Cn2cc(S(=O)(=O)N3CCCC3)c(S(=O)(=O)N3CCCC3)c2)n1. The third-order valence-electron chi connectivity index (χ3n) is 5.37. The van der Waals surface area contributed by atoms with Crippen molar-refractivity contribution >= 4 is 42.4 Å². The number of carbonyl (C=O) groups is 1. The van der Waals surface area contributed by atoms with Crippen molar-refractivity contribution in [3.63, 3.8) is 0 Å². The van der Waals surface area contributed by atoms with Crippen molar-refractivity contribution in [2.45, 2.75) is 48.9 Å². The third kappa shape index (κ3) is 4.55. The number of nitrogens with zero attached hydrogens (tertiary/aromatic N) is 4. The monoisotopic (exact) mass is 487 g/mol. The summed E-state index contributed by atoms with van der Waals surface area (Å²) in [4.78, 5) is 16.1. The van der Waals surface area contributed by atoms with Crippen molar-refractivity contribution in [2.75, 3.05) is 31.5 Å². The molecule has 13 heteroatoms. The zero-order chi connectivity index (χ0) is 22.2. The molecule has 4 rings (SSSR count). The maximum atomic E-state index is 13.2. The average Bonchev–Trinajstić information content (AvgIpc) is 3.49. The lowest BCUT2D eigenvalue weighted by atomic mass is 10.4. The lowest BCUT2D eigenvalue weighted by Crippen LogP contribution is -2.32. The fourth-order valence-electron chi connectivity index (χ4n) is 3.82. The smallest absolute Gasteiger partial charge is 0.246 e. The van der Waals surface area contributed by atoms with Gasteiger partial charge in [0.1, 0.15) is 16.3 Å². The van der Waals surface area contributed by atoms with Gasteiger partial charge in [-0.2, -0.15) is 8.61 Å². The number of sulfonamides is 2. The Kier molecular flexibility index (Phi) is 6.23. The predicted molar refractivity (Wildman–Crippen MR) is 116 cm³/mol. The quantitative estimate of drug-likeness (QED) is 0.631. The molecule has 0 bridgehead atoms. The van der Waals surface area contributed by atoms with Crippen LogP contribution in [0.25, 0.3) is 0 Å². The number of aryl methyl sites for hydroxylation is 1. The molecule has 2 fully saturated rings. The van der Waals surface area contributed by atoms with Crippen LogP contribution in [0.15, 0.2) is 27.6 Å². The van der Waals surface area contributed by atoms with E-state index in [9.17, 15) is 21.6 Å². The summed E-state index contributed by atoms with van der Waals surface area (Å²) in [7, 11) is -7.98. The second kappa shape index (κ2) is 8.62. The van der Waals surface area contributed by atoms with Gasteiger partial charge in [-0.3, -0.25) is 4.79 Å². The van der Waals surface area contributed by atoms with Gasteiger partial charge in [-0.1, -0.05) is 0 Å². The Labute approximate surface area is 186 Å². The second-order valence-corrected chi connectivity index (χ2v) is 12.4. The van der Waals surface area contributed by atoms with Crippen molar-refractivity contribution in [1.82, 2.24) is 18.2 Å². The summed E-state index contributed by atoms with van der Waals surface area (Å²) in [5, 5.41) is 4.89. The number of hydrogen-bond acceptors (Lipinski definition) is 7. The number of thiazole rings is 1. The first kappa shape index (κ1) is 22.4. The summed E-state index contributed by atoms with van der Waals surface area (Å²) in [6, 6.07) is 0. The molecule has 170 valence electrons. The van der Waals surface area contributed by atoms with Gasteiger partial charge >= 0.3 is 0 Å². The number of amides is 1. The van der Waals surface area contributed by atoms with E-state index in [-0.39, 0.29) is 16.3 Å². The van der Waals surface area contributed by atoms with E-state index in [0.717, 1.165) is 31.4 Å². The first-order valence-corrected chi connectivity index (χ1v) is 13.9. The number of carbonyl (C=O) groups excluding carboxylic acids is 1. The van der Waals surface area contributed by atoms with E-state index in [0.29, 0.717) is 31.3 Å². The molecule has 10 nitrogen and oxygen atoms in total. The molecular weight excluding hydrogens is 462 g/mol. The van der Waals surface area contributed by atoms with Crippen LogP contribution in [0, 0.1) is 6.92 Å². The van der Waals surface area contributed by atoms with Gasteiger partial charge in [0.05, 0.1) is 5.69 Å². The van der Waals surface area contributed by atoms with Crippen LogP contribution in [0.1, 0.15) is 31.4 Å². The van der Waals surface area contributed by atoms with Gasteiger partial charge in [-0.25, -0.2) is 21.8 Å². The molecule has 31 heavy (non-hydrogen) atoms. The van der Waals surface area contributed by atoms with E-state index in [1.165, 1.54) is 36.9 Å². The molecule has 0 spiro atoms. The van der Waals surface area contributed by atoms with Gasteiger partial charge in [-0.05, 0) is 32.6 Å². The van der Waals surface area contributed by atoms with Gasteiger partial charge in [0, 0.05) is 44.0 Å². The van der Waals surface area contributed by atoms with Crippen molar-refractivity contribution < 1.29 is 21.6 Å². The predicted octanol–water partition coefficient (Wildman–Crippen LogP) is 1.46. The normalized spacial score (nSPS) is 18.6. The van der Waals surface area contributed by atoms with E-state index in [2.05, 4.69) is 10.3 Å². The fourth-order valence-corrected chi connectivity index (χ4v) is 8.34. The number of anilines is 1. The molecule has 2 aromatic rings. The van der Waals surface area contributed by atoms with E-state index < -0.39 is 26.0 Å². The second-order valence-electron chi connectivity index (χ2n) is 7.72. The van der Waals surface area contributed by atoms with Crippen LogP contribution >= 0.6 is 11.3 Å². The summed E-state index contributed by atoms with van der Waals surface area (Å²) in [6.07, 6.45) is 5.47. The molecule has 2 aliphatic heterocycles. The van der Waals surface area contributed by atoms with Crippen LogP contribution in [0.2, 0.25) is 0 Å². The van der Waals surface area contributed by atoms with Crippen molar-refractivity contribution in [3.8, 4) is 0 Å². The number of aromatic nitrogens is 2. The van der Waals surface area contributed by atoms with Crippen LogP contribution in [-0.4, -0.2) is 67.1 Å². The standard InChI is InChI=1S/C18H25N5O5S3/c1-14-13-29-18(19-14)20-17(24)12-21-10-15(30(25,26)22-6-2-3-7-22)16(11-21)31(27,28)23-8-4-5-9-23/h10-11,13H,2-9,12H2,1H3,(H,19,20,24). The number of rotatable bonds is 7. The van der Waals surface area contributed by atoms with Crippen LogP contribution in [0.4, 0.5) is 5.13 Å². The van der Waals surface area contributed by atoms with Gasteiger partial charge in [-0.15, -0.1) is 11.3 Å². The van der Waals surface area contributed by atoms with E-state index in [4.69, 9.17) is 0 Å². The van der Waals surface area contributed by atoms with Crippen LogP contribution in [-0.2, 0) is 31.4 Å². The minimum Gasteiger partial charge on any atom is -0.342 e. The molecule has 1 amide bonds.